The van der Waals surface area contributed by atoms with Crippen LogP contribution in [0.5, 0.6) is 0 Å². The summed E-state index contributed by atoms with van der Waals surface area (Å²) in [7, 11) is 0. The summed E-state index contributed by atoms with van der Waals surface area (Å²) < 4.78 is 53.7. The molecule has 0 spiro atoms. The van der Waals surface area contributed by atoms with Crippen molar-refractivity contribution >= 4 is 5.91 Å². The van der Waals surface area contributed by atoms with E-state index >= 15 is 0 Å². The number of hydrogen-bond acceptors (Lipinski definition) is 5. The minimum Gasteiger partial charge on any atom is -0.352 e. The van der Waals surface area contributed by atoms with Crippen LogP contribution in [-0.4, -0.2) is 37.6 Å². The second-order valence-electron chi connectivity index (χ2n) is 7.05. The molecule has 0 aliphatic rings. The third-order valence-corrected chi connectivity index (χ3v) is 4.82. The first-order valence-corrected chi connectivity index (χ1v) is 9.75. The third kappa shape index (κ3) is 5.20. The number of halogens is 4. The highest BCUT2D eigenvalue weighted by Crippen LogP contribution is 2.30. The molecular weight excluding hydrogens is 440 g/mol. The number of hydrogen-bond donors (Lipinski definition) is 1. The van der Waals surface area contributed by atoms with Crippen LogP contribution in [0.3, 0.4) is 0 Å². The van der Waals surface area contributed by atoms with Crippen LogP contribution in [0.2, 0.25) is 0 Å². The zero-order valence-electron chi connectivity index (χ0n) is 16.9. The van der Waals surface area contributed by atoms with Crippen molar-refractivity contribution < 1.29 is 22.4 Å². The Morgan fingerprint density at radius 1 is 1.06 bits per heavy atom. The van der Waals surface area contributed by atoms with Gasteiger partial charge < -0.3 is 5.32 Å². The fraction of sp³-hybridized carbons (Fsp3) is 0.136. The fourth-order valence-electron chi connectivity index (χ4n) is 3.15. The number of benzene rings is 2. The van der Waals surface area contributed by atoms with Crippen LogP contribution in [-0.2, 0) is 12.6 Å². The van der Waals surface area contributed by atoms with Crippen molar-refractivity contribution in [3.63, 3.8) is 0 Å². The number of aromatic nitrogens is 5. The van der Waals surface area contributed by atoms with Crippen molar-refractivity contribution in [3.05, 3.63) is 89.6 Å². The number of tetrazole rings is 1. The lowest BCUT2D eigenvalue weighted by atomic mass is 10.0. The van der Waals surface area contributed by atoms with Crippen molar-refractivity contribution in [3.8, 4) is 16.9 Å². The van der Waals surface area contributed by atoms with E-state index in [0.717, 1.165) is 12.3 Å². The Hall–Kier alpha value is -4.15. The van der Waals surface area contributed by atoms with Crippen LogP contribution in [0.1, 0.15) is 21.5 Å². The number of pyridine rings is 1. The summed E-state index contributed by atoms with van der Waals surface area (Å²) in [6.07, 6.45) is -2.17. The molecule has 2 aromatic carbocycles. The number of amides is 1. The standard InChI is InChI=1S/C22H16F4N6O/c23-19-4-2-1-3-14(19)7-8-27-21(33)16-9-15(10-18(11-16)32-13-29-30-31-32)20-6-5-17(12-28-20)22(24,25)26/h1-6,9-13H,7-8H2,(H,27,33). The summed E-state index contributed by atoms with van der Waals surface area (Å²) in [5.74, 6) is -0.808. The molecule has 0 aliphatic heterocycles. The highest BCUT2D eigenvalue weighted by atomic mass is 19.4. The van der Waals surface area contributed by atoms with E-state index in [-0.39, 0.29) is 23.6 Å². The Bertz CT molecular complexity index is 1260. The zero-order chi connectivity index (χ0) is 23.4. The average Bonchev–Trinajstić information content (AvgIpc) is 3.35. The topological polar surface area (TPSA) is 85.6 Å². The number of carbonyl (C=O) groups is 1. The number of alkyl halides is 3. The Balaban J connectivity index is 1.60. The molecule has 4 rings (SSSR count). The van der Waals surface area contributed by atoms with E-state index in [0.29, 0.717) is 23.2 Å². The van der Waals surface area contributed by atoms with Gasteiger partial charge in [-0.25, -0.2) is 9.07 Å². The molecule has 0 saturated heterocycles. The Morgan fingerprint density at radius 2 is 1.88 bits per heavy atom. The highest BCUT2D eigenvalue weighted by Gasteiger charge is 2.30. The molecule has 2 heterocycles. The maximum Gasteiger partial charge on any atom is 0.417 e. The molecule has 1 amide bonds. The second kappa shape index (κ2) is 9.15. The van der Waals surface area contributed by atoms with Crippen LogP contribution < -0.4 is 5.32 Å². The van der Waals surface area contributed by atoms with Crippen molar-refractivity contribution in [1.29, 1.82) is 0 Å². The lowest BCUT2D eigenvalue weighted by Gasteiger charge is -2.11. The summed E-state index contributed by atoms with van der Waals surface area (Å²) in [4.78, 5) is 16.7. The van der Waals surface area contributed by atoms with Crippen molar-refractivity contribution in [2.75, 3.05) is 6.54 Å². The van der Waals surface area contributed by atoms with Gasteiger partial charge in [0.15, 0.2) is 0 Å². The van der Waals surface area contributed by atoms with E-state index in [9.17, 15) is 22.4 Å². The molecule has 0 atom stereocenters. The summed E-state index contributed by atoms with van der Waals surface area (Å²) in [6.45, 7) is 0.183. The first kappa shape index (κ1) is 22.1. The zero-order valence-corrected chi connectivity index (χ0v) is 16.9. The Kier molecular flexibility index (Phi) is 6.11. The Labute approximate surface area is 185 Å². The third-order valence-electron chi connectivity index (χ3n) is 4.82. The minimum absolute atomic E-state index is 0.183. The van der Waals surface area contributed by atoms with Crippen LogP contribution in [0.25, 0.3) is 16.9 Å². The van der Waals surface area contributed by atoms with Crippen LogP contribution in [0, 0.1) is 5.82 Å². The molecule has 0 radical (unpaired) electrons. The lowest BCUT2D eigenvalue weighted by molar-refractivity contribution is -0.137. The van der Waals surface area contributed by atoms with Crippen LogP contribution >= 0.6 is 0 Å². The maximum absolute atomic E-state index is 13.8. The molecule has 0 unspecified atom stereocenters. The van der Waals surface area contributed by atoms with E-state index in [4.69, 9.17) is 0 Å². The van der Waals surface area contributed by atoms with Gasteiger partial charge in [-0.2, -0.15) is 13.2 Å². The maximum atomic E-state index is 13.8. The molecule has 0 aliphatic carbocycles. The van der Waals surface area contributed by atoms with Gasteiger partial charge in [0.2, 0.25) is 0 Å². The molecule has 1 N–H and O–H groups in total. The van der Waals surface area contributed by atoms with Gasteiger partial charge in [0, 0.05) is 23.9 Å². The van der Waals surface area contributed by atoms with Gasteiger partial charge in [-0.05, 0) is 58.8 Å². The predicted octanol–water partition coefficient (Wildman–Crippen LogP) is 3.85. The van der Waals surface area contributed by atoms with E-state index in [1.807, 2.05) is 0 Å². The monoisotopic (exact) mass is 456 g/mol. The van der Waals surface area contributed by atoms with Gasteiger partial charge >= 0.3 is 6.18 Å². The number of nitrogens with one attached hydrogen (secondary N) is 1. The van der Waals surface area contributed by atoms with E-state index in [1.165, 1.54) is 35.3 Å². The van der Waals surface area contributed by atoms with Gasteiger partial charge in [-0.3, -0.25) is 9.78 Å². The molecule has 33 heavy (non-hydrogen) atoms. The second-order valence-corrected chi connectivity index (χ2v) is 7.05. The van der Waals surface area contributed by atoms with Gasteiger partial charge in [0.05, 0.1) is 16.9 Å². The average molecular weight is 456 g/mol. The van der Waals surface area contributed by atoms with E-state index in [1.54, 1.807) is 24.3 Å². The predicted molar refractivity (Wildman–Crippen MR) is 110 cm³/mol. The SMILES string of the molecule is O=C(NCCc1ccccc1F)c1cc(-c2ccc(C(F)(F)F)cn2)cc(-n2cnnn2)c1. The van der Waals surface area contributed by atoms with Crippen LogP contribution in [0.15, 0.2) is 67.1 Å². The normalized spacial score (nSPS) is 11.4. The first-order valence-electron chi connectivity index (χ1n) is 9.75. The molecule has 0 fully saturated rings. The van der Waals surface area contributed by atoms with Gasteiger partial charge in [-0.1, -0.05) is 18.2 Å². The molecule has 2 aromatic heterocycles. The summed E-state index contributed by atoms with van der Waals surface area (Å²) in [6, 6.07) is 13.0. The number of nitrogens with zero attached hydrogens (tertiary/aromatic N) is 5. The summed E-state index contributed by atoms with van der Waals surface area (Å²) in [5.41, 5.74) is 0.852. The molecule has 168 valence electrons. The fourth-order valence-corrected chi connectivity index (χ4v) is 3.15. The smallest absolute Gasteiger partial charge is 0.352 e. The van der Waals surface area contributed by atoms with E-state index < -0.39 is 17.6 Å². The van der Waals surface area contributed by atoms with Crippen molar-refractivity contribution in [2.24, 2.45) is 0 Å². The van der Waals surface area contributed by atoms with E-state index in [2.05, 4.69) is 25.8 Å². The largest absolute Gasteiger partial charge is 0.417 e. The number of carbonyl (C=O) groups excluding carboxylic acids is 1. The molecule has 4 aromatic rings. The van der Waals surface area contributed by atoms with Crippen molar-refractivity contribution in [1.82, 2.24) is 30.5 Å². The van der Waals surface area contributed by atoms with Crippen LogP contribution in [0.4, 0.5) is 17.6 Å². The molecule has 0 bridgehead atoms. The summed E-state index contributed by atoms with van der Waals surface area (Å²) >= 11 is 0. The molecule has 7 nitrogen and oxygen atoms in total. The summed E-state index contributed by atoms with van der Waals surface area (Å²) in [5, 5.41) is 13.6. The minimum atomic E-state index is -4.51. The first-order chi connectivity index (χ1) is 15.8. The van der Waals surface area contributed by atoms with Gasteiger partial charge in [-0.15, -0.1) is 5.10 Å². The number of rotatable bonds is 6. The van der Waals surface area contributed by atoms with Gasteiger partial charge in [0.1, 0.15) is 12.1 Å². The Morgan fingerprint density at radius 3 is 2.55 bits per heavy atom. The lowest BCUT2D eigenvalue weighted by Crippen LogP contribution is -2.26. The molecule has 0 saturated carbocycles. The highest BCUT2D eigenvalue weighted by molar-refractivity contribution is 5.96. The van der Waals surface area contributed by atoms with Gasteiger partial charge in [0.25, 0.3) is 5.91 Å². The quantitative estimate of drug-likeness (QED) is 0.446. The van der Waals surface area contributed by atoms with Crippen molar-refractivity contribution in [2.45, 2.75) is 12.6 Å². The molecule has 11 heteroatoms. The molecular formula is C22H16F4N6O.